The Balaban J connectivity index is 2.61. The first kappa shape index (κ1) is 14.0. The molecule has 7 heteroatoms. The molecule has 5 nitrogen and oxygen atoms in total. The zero-order chi connectivity index (χ0) is 12.8. The highest BCUT2D eigenvalue weighted by molar-refractivity contribution is 6.33. The van der Waals surface area contributed by atoms with Crippen LogP contribution in [0.4, 0.5) is 5.69 Å². The molecule has 0 unspecified atom stereocenters. The molecule has 0 bridgehead atoms. The van der Waals surface area contributed by atoms with Crippen LogP contribution >= 0.6 is 23.2 Å². The fraction of sp³-hybridized carbons (Fsp3) is 0.500. The molecule has 1 aromatic rings. The lowest BCUT2D eigenvalue weighted by Crippen LogP contribution is -2.35. The molecule has 0 spiro atoms. The van der Waals surface area contributed by atoms with Crippen molar-refractivity contribution in [2.24, 2.45) is 0 Å². The molecule has 1 amide bonds. The average Bonchev–Trinajstić information content (AvgIpc) is 2.32. The summed E-state index contributed by atoms with van der Waals surface area (Å²) in [5.74, 6) is -0.000925. The lowest BCUT2D eigenvalue weighted by molar-refractivity contribution is -0.128. The summed E-state index contributed by atoms with van der Waals surface area (Å²) in [6, 6.07) is 1.53. The summed E-state index contributed by atoms with van der Waals surface area (Å²) in [6.45, 7) is 5.38. The molecule has 1 heterocycles. The molecule has 17 heavy (non-hydrogen) atoms. The van der Waals surface area contributed by atoms with Crippen molar-refractivity contribution in [1.82, 2.24) is 15.1 Å². The van der Waals surface area contributed by atoms with Crippen LogP contribution in [0.3, 0.4) is 0 Å². The number of anilines is 1. The van der Waals surface area contributed by atoms with Crippen molar-refractivity contribution in [3.8, 4) is 0 Å². The third-order valence-corrected chi connectivity index (χ3v) is 2.73. The Morgan fingerprint density at radius 1 is 1.35 bits per heavy atom. The highest BCUT2D eigenvalue weighted by atomic mass is 35.5. The minimum absolute atomic E-state index is 0.000925. The number of hydrogen-bond donors (Lipinski definition) is 1. The fourth-order valence-corrected chi connectivity index (χ4v) is 1.64. The number of hydrogen-bond acceptors (Lipinski definition) is 4. The molecule has 1 rings (SSSR count). The van der Waals surface area contributed by atoms with Gasteiger partial charge in [0.25, 0.3) is 0 Å². The van der Waals surface area contributed by atoms with Crippen molar-refractivity contribution in [3.05, 3.63) is 16.4 Å². The first-order valence-electron chi connectivity index (χ1n) is 5.28. The molecule has 0 aromatic carbocycles. The van der Waals surface area contributed by atoms with Gasteiger partial charge >= 0.3 is 0 Å². The maximum Gasteiger partial charge on any atom is 0.241 e. The second-order valence-corrected chi connectivity index (χ2v) is 4.04. The highest BCUT2D eigenvalue weighted by Gasteiger charge is 2.10. The van der Waals surface area contributed by atoms with Gasteiger partial charge in [0.05, 0.1) is 12.2 Å². The van der Waals surface area contributed by atoms with Crippen molar-refractivity contribution in [1.29, 1.82) is 0 Å². The van der Waals surface area contributed by atoms with Gasteiger partial charge in [0.15, 0.2) is 10.3 Å². The topological polar surface area (TPSA) is 58.1 Å². The summed E-state index contributed by atoms with van der Waals surface area (Å²) >= 11 is 11.5. The van der Waals surface area contributed by atoms with E-state index in [1.54, 1.807) is 4.90 Å². The number of likely N-dealkylation sites (N-methyl/N-ethyl adjacent to an activating group) is 1. The maximum absolute atomic E-state index is 11.7. The van der Waals surface area contributed by atoms with E-state index in [1.807, 2.05) is 13.8 Å². The number of amides is 1. The van der Waals surface area contributed by atoms with Gasteiger partial charge in [-0.1, -0.05) is 23.2 Å². The number of rotatable bonds is 5. The van der Waals surface area contributed by atoms with E-state index in [2.05, 4.69) is 15.5 Å². The number of carbonyl (C=O) groups is 1. The molecule has 1 aromatic heterocycles. The second kappa shape index (κ2) is 6.61. The Morgan fingerprint density at radius 2 is 2.00 bits per heavy atom. The van der Waals surface area contributed by atoms with Crippen molar-refractivity contribution in [2.75, 3.05) is 25.0 Å². The summed E-state index contributed by atoms with van der Waals surface area (Å²) in [7, 11) is 0. The van der Waals surface area contributed by atoms with Gasteiger partial charge in [0, 0.05) is 19.2 Å². The molecule has 1 N–H and O–H groups in total. The molecule has 0 saturated carbocycles. The molecular formula is C10H14Cl2N4O. The van der Waals surface area contributed by atoms with Crippen LogP contribution in [-0.4, -0.2) is 40.6 Å². The second-order valence-electron chi connectivity index (χ2n) is 3.29. The van der Waals surface area contributed by atoms with E-state index in [0.717, 1.165) is 0 Å². The van der Waals surface area contributed by atoms with Crippen molar-refractivity contribution in [2.45, 2.75) is 13.8 Å². The number of carbonyl (C=O) groups excluding carboxylic acids is 1. The summed E-state index contributed by atoms with van der Waals surface area (Å²) < 4.78 is 0. The number of halogens is 2. The van der Waals surface area contributed by atoms with E-state index >= 15 is 0 Å². The predicted octanol–water partition coefficient (Wildman–Crippen LogP) is 2.06. The van der Waals surface area contributed by atoms with Gasteiger partial charge < -0.3 is 10.2 Å². The minimum Gasteiger partial charge on any atom is -0.373 e. The van der Waals surface area contributed by atoms with Crippen LogP contribution in [0.1, 0.15) is 13.8 Å². The third-order valence-electron chi connectivity index (χ3n) is 2.27. The Hall–Kier alpha value is -1.07. The number of nitrogens with zero attached hydrogens (tertiary/aromatic N) is 3. The van der Waals surface area contributed by atoms with Crippen LogP contribution in [-0.2, 0) is 4.79 Å². The maximum atomic E-state index is 11.7. The molecule has 94 valence electrons. The van der Waals surface area contributed by atoms with Crippen LogP contribution in [0.5, 0.6) is 0 Å². The third kappa shape index (κ3) is 4.02. The average molecular weight is 277 g/mol. The number of aromatic nitrogens is 2. The van der Waals surface area contributed by atoms with E-state index in [-0.39, 0.29) is 22.8 Å². The summed E-state index contributed by atoms with van der Waals surface area (Å²) in [4.78, 5) is 13.4. The van der Waals surface area contributed by atoms with Crippen LogP contribution in [0, 0.1) is 0 Å². The van der Waals surface area contributed by atoms with Gasteiger partial charge in [0.1, 0.15) is 0 Å². The lowest BCUT2D eigenvalue weighted by atomic mass is 10.4. The van der Waals surface area contributed by atoms with Gasteiger partial charge in [-0.25, -0.2) is 0 Å². The van der Waals surface area contributed by atoms with Crippen molar-refractivity contribution < 1.29 is 4.79 Å². The molecule has 0 radical (unpaired) electrons. The van der Waals surface area contributed by atoms with E-state index in [1.165, 1.54) is 6.07 Å². The van der Waals surface area contributed by atoms with Crippen molar-refractivity contribution >= 4 is 34.8 Å². The highest BCUT2D eigenvalue weighted by Crippen LogP contribution is 2.20. The lowest BCUT2D eigenvalue weighted by Gasteiger charge is -2.19. The van der Waals surface area contributed by atoms with Crippen LogP contribution in [0.15, 0.2) is 6.07 Å². The smallest absolute Gasteiger partial charge is 0.241 e. The molecule has 0 aliphatic heterocycles. The first-order valence-corrected chi connectivity index (χ1v) is 6.04. The predicted molar refractivity (Wildman–Crippen MR) is 68.5 cm³/mol. The SMILES string of the molecule is CCN(CC)C(=O)CNc1cc(Cl)nnc1Cl. The van der Waals surface area contributed by atoms with Crippen molar-refractivity contribution in [3.63, 3.8) is 0 Å². The van der Waals surface area contributed by atoms with Gasteiger partial charge in [-0.15, -0.1) is 10.2 Å². The van der Waals surface area contributed by atoms with Crippen LogP contribution < -0.4 is 5.32 Å². The van der Waals surface area contributed by atoms with E-state index in [9.17, 15) is 4.79 Å². The Bertz CT molecular complexity index is 396. The summed E-state index contributed by atoms with van der Waals surface area (Å²) in [5, 5.41) is 10.5. The van der Waals surface area contributed by atoms with Gasteiger partial charge in [-0.2, -0.15) is 0 Å². The molecule has 0 fully saturated rings. The Kier molecular flexibility index (Phi) is 5.44. The quantitative estimate of drug-likeness (QED) is 0.895. The monoisotopic (exact) mass is 276 g/mol. The van der Waals surface area contributed by atoms with Crippen LogP contribution in [0.25, 0.3) is 0 Å². The zero-order valence-electron chi connectivity index (χ0n) is 9.70. The van der Waals surface area contributed by atoms with E-state index in [0.29, 0.717) is 18.8 Å². The van der Waals surface area contributed by atoms with Gasteiger partial charge in [-0.05, 0) is 13.8 Å². The number of nitrogens with one attached hydrogen (secondary N) is 1. The largest absolute Gasteiger partial charge is 0.373 e. The van der Waals surface area contributed by atoms with E-state index in [4.69, 9.17) is 23.2 Å². The molecule has 0 atom stereocenters. The normalized spacial score (nSPS) is 10.1. The summed E-state index contributed by atoms with van der Waals surface area (Å²) in [6.07, 6.45) is 0. The van der Waals surface area contributed by atoms with E-state index < -0.39 is 0 Å². The van der Waals surface area contributed by atoms with Gasteiger partial charge in [0.2, 0.25) is 5.91 Å². The molecule has 0 aliphatic rings. The minimum atomic E-state index is -0.000925. The fourth-order valence-electron chi connectivity index (χ4n) is 1.34. The first-order chi connectivity index (χ1) is 8.08. The molecule has 0 saturated heterocycles. The standard InChI is InChI=1S/C10H14Cl2N4O/c1-3-16(4-2)9(17)6-13-7-5-8(11)14-15-10(7)12/h5H,3-4,6H2,1-2H3,(H,13,14). The molecule has 0 aliphatic carbocycles. The molecular weight excluding hydrogens is 263 g/mol. The zero-order valence-corrected chi connectivity index (χ0v) is 11.2. The summed E-state index contributed by atoms with van der Waals surface area (Å²) in [5.41, 5.74) is 0.507. The Labute approximate surface area is 110 Å². The van der Waals surface area contributed by atoms with Crippen LogP contribution in [0.2, 0.25) is 10.3 Å². The Morgan fingerprint density at radius 3 is 2.59 bits per heavy atom. The van der Waals surface area contributed by atoms with Gasteiger partial charge in [-0.3, -0.25) is 4.79 Å².